The fraction of sp³-hybridized carbons (Fsp3) is 0.692. The topological polar surface area (TPSA) is 81.4 Å². The Hall–Kier alpha value is -1.18. The van der Waals surface area contributed by atoms with Crippen LogP contribution < -0.4 is 15.2 Å². The number of para-hydroxylation sites is 1. The molecule has 7 heteroatoms. The number of thiol groups is 1. The summed E-state index contributed by atoms with van der Waals surface area (Å²) in [6, 6.07) is 7.20. The van der Waals surface area contributed by atoms with Gasteiger partial charge < -0.3 is 15.2 Å². The van der Waals surface area contributed by atoms with E-state index in [0.29, 0.717) is 6.42 Å². The number of amides is 1. The molecule has 1 aromatic rings. The van der Waals surface area contributed by atoms with Gasteiger partial charge in [-0.1, -0.05) is 90.6 Å². The fourth-order valence-electron chi connectivity index (χ4n) is 5.36. The lowest BCUT2D eigenvalue weighted by Crippen LogP contribution is -2.54. The van der Waals surface area contributed by atoms with Crippen LogP contribution >= 0.6 is 24.7 Å². The zero-order valence-corrected chi connectivity index (χ0v) is 22.4. The highest BCUT2D eigenvalue weighted by Gasteiger charge is 2.47. The Balaban J connectivity index is 1.95. The smallest absolute Gasteiger partial charge is 0.276 e. The van der Waals surface area contributed by atoms with Crippen LogP contribution in [-0.2, 0) is 11.2 Å². The second-order valence-corrected chi connectivity index (χ2v) is 11.8. The van der Waals surface area contributed by atoms with Gasteiger partial charge in [-0.05, 0) is 54.6 Å². The molecular formula is C26H42N2O3S2. The van der Waals surface area contributed by atoms with Crippen LogP contribution in [0.3, 0.4) is 0 Å². The predicted molar refractivity (Wildman–Crippen MR) is 142 cm³/mol. The average molecular weight is 495 g/mol. The summed E-state index contributed by atoms with van der Waals surface area (Å²) in [6.45, 7) is 8.58. The monoisotopic (exact) mass is 494 g/mol. The lowest BCUT2D eigenvalue weighted by molar-refractivity contribution is -0.116. The Labute approximate surface area is 210 Å². The molecule has 2 rings (SSSR count). The lowest BCUT2D eigenvalue weighted by atomic mass is 9.60. The molecule has 33 heavy (non-hydrogen) atoms. The molecule has 0 spiro atoms. The number of carbonyl (C=O) groups excluding carboxylic acids is 2. The summed E-state index contributed by atoms with van der Waals surface area (Å²) in [7, 11) is 0. The van der Waals surface area contributed by atoms with E-state index in [1.54, 1.807) is 0 Å². The first-order valence-corrected chi connectivity index (χ1v) is 13.5. The molecule has 0 aliphatic heterocycles. The molecule has 1 amide bonds. The van der Waals surface area contributed by atoms with E-state index < -0.39 is 11.5 Å². The van der Waals surface area contributed by atoms with Crippen LogP contribution in [0.1, 0.15) is 91.0 Å². The van der Waals surface area contributed by atoms with Crippen LogP contribution in [0.4, 0.5) is 4.79 Å². The summed E-state index contributed by atoms with van der Waals surface area (Å²) in [5.41, 5.74) is 7.15. The van der Waals surface area contributed by atoms with Gasteiger partial charge in [0.15, 0.2) is 0 Å². The van der Waals surface area contributed by atoms with E-state index in [-0.39, 0.29) is 21.8 Å². The molecule has 0 saturated heterocycles. The molecule has 0 aromatic heterocycles. The zero-order valence-electron chi connectivity index (χ0n) is 20.7. The van der Waals surface area contributed by atoms with Gasteiger partial charge in [-0.2, -0.15) is 0 Å². The second-order valence-electron chi connectivity index (χ2n) is 10.6. The molecule has 1 aliphatic carbocycles. The van der Waals surface area contributed by atoms with E-state index >= 15 is 0 Å². The van der Waals surface area contributed by atoms with E-state index in [4.69, 9.17) is 9.92 Å². The number of nitrogens with one attached hydrogen (secondary N) is 1. The number of rotatable bonds is 12. The molecule has 0 bridgehead atoms. The minimum absolute atomic E-state index is 0.0406. The van der Waals surface area contributed by atoms with E-state index in [1.807, 2.05) is 25.1 Å². The molecule has 3 N–H and O–H groups in total. The van der Waals surface area contributed by atoms with Gasteiger partial charge in [0, 0.05) is 6.04 Å². The Morgan fingerprint density at radius 2 is 1.82 bits per heavy atom. The highest BCUT2D eigenvalue weighted by Crippen LogP contribution is 2.48. The van der Waals surface area contributed by atoms with E-state index in [0.717, 1.165) is 49.0 Å². The third-order valence-corrected chi connectivity index (χ3v) is 7.52. The Morgan fingerprint density at radius 1 is 1.15 bits per heavy atom. The standard InChI is InChI=1S/C26H42N2O3S2/c1-5-6-7-8-9-10-13-19-14-11-12-15-21(19)31-33-23(29)22(27)26(4)17-20(28-24(30)32)16-25(2,3)18-26/h11-12,14-15,20,22H,5-10,13,16-18,27H2,1-4H3,(H2,28,30,32). The van der Waals surface area contributed by atoms with E-state index in [9.17, 15) is 9.59 Å². The van der Waals surface area contributed by atoms with Gasteiger partial charge in [-0.3, -0.25) is 9.59 Å². The number of unbranched alkanes of at least 4 members (excludes halogenated alkanes) is 5. The second kappa shape index (κ2) is 13.1. The van der Waals surface area contributed by atoms with Crippen molar-refractivity contribution < 1.29 is 13.8 Å². The molecule has 0 heterocycles. The quantitative estimate of drug-likeness (QED) is 0.171. The first-order valence-electron chi connectivity index (χ1n) is 12.3. The van der Waals surface area contributed by atoms with Gasteiger partial charge in [0.1, 0.15) is 17.8 Å². The number of aryl methyl sites for hydroxylation is 1. The van der Waals surface area contributed by atoms with E-state index in [1.165, 1.54) is 32.1 Å². The third kappa shape index (κ3) is 9.18. The minimum atomic E-state index is -0.688. The van der Waals surface area contributed by atoms with Gasteiger partial charge in [0.2, 0.25) is 5.12 Å². The van der Waals surface area contributed by atoms with Crippen LogP contribution in [-0.4, -0.2) is 22.4 Å². The largest absolute Gasteiger partial charge is 0.417 e. The van der Waals surface area contributed by atoms with Crippen LogP contribution in [0, 0.1) is 10.8 Å². The van der Waals surface area contributed by atoms with Gasteiger partial charge >= 0.3 is 0 Å². The van der Waals surface area contributed by atoms with Gasteiger partial charge in [0.25, 0.3) is 5.24 Å². The first-order chi connectivity index (χ1) is 15.6. The molecule has 3 atom stereocenters. The van der Waals surface area contributed by atoms with Crippen molar-refractivity contribution in [2.75, 3.05) is 0 Å². The third-order valence-electron chi connectivity index (χ3n) is 6.71. The predicted octanol–water partition coefficient (Wildman–Crippen LogP) is 6.69. The minimum Gasteiger partial charge on any atom is -0.417 e. The first kappa shape index (κ1) is 28.1. The fourth-order valence-corrected chi connectivity index (χ4v) is 6.27. The molecular weight excluding hydrogens is 452 g/mol. The van der Waals surface area contributed by atoms with Crippen LogP contribution in [0.15, 0.2) is 24.3 Å². The maximum atomic E-state index is 13.0. The van der Waals surface area contributed by atoms with E-state index in [2.05, 4.69) is 44.8 Å². The molecule has 3 unspecified atom stereocenters. The van der Waals surface area contributed by atoms with Crippen molar-refractivity contribution in [1.29, 1.82) is 0 Å². The normalized spacial score (nSPS) is 23.0. The van der Waals surface area contributed by atoms with Crippen LogP contribution in [0.2, 0.25) is 0 Å². The molecule has 186 valence electrons. The summed E-state index contributed by atoms with van der Waals surface area (Å²) in [5, 5.41) is 2.38. The Bertz CT molecular complexity index is 787. The number of hydrogen-bond donors (Lipinski definition) is 3. The van der Waals surface area contributed by atoms with Crippen molar-refractivity contribution in [3.63, 3.8) is 0 Å². The molecule has 1 aromatic carbocycles. The number of benzene rings is 1. The summed E-state index contributed by atoms with van der Waals surface area (Å²) in [5.74, 6) is 0.742. The Kier molecular flexibility index (Phi) is 11.1. The summed E-state index contributed by atoms with van der Waals surface area (Å²) in [6.07, 6.45) is 10.7. The maximum absolute atomic E-state index is 13.0. The molecule has 1 aliphatic rings. The van der Waals surface area contributed by atoms with Crippen molar-refractivity contribution in [1.82, 2.24) is 5.32 Å². The summed E-state index contributed by atoms with van der Waals surface area (Å²) >= 11 is 4.71. The van der Waals surface area contributed by atoms with Gasteiger partial charge in [-0.25, -0.2) is 0 Å². The summed E-state index contributed by atoms with van der Waals surface area (Å²) in [4.78, 5) is 24.5. The molecule has 5 nitrogen and oxygen atoms in total. The van der Waals surface area contributed by atoms with Crippen molar-refractivity contribution in [3.8, 4) is 5.75 Å². The van der Waals surface area contributed by atoms with Crippen LogP contribution in [0.5, 0.6) is 5.75 Å². The van der Waals surface area contributed by atoms with Gasteiger partial charge in [-0.15, -0.1) is 0 Å². The number of hydrogen-bond acceptors (Lipinski definition) is 5. The molecule has 1 fully saturated rings. The van der Waals surface area contributed by atoms with Crippen molar-refractivity contribution in [2.24, 2.45) is 16.6 Å². The van der Waals surface area contributed by atoms with Crippen LogP contribution in [0.25, 0.3) is 0 Å². The van der Waals surface area contributed by atoms with Gasteiger partial charge in [0.05, 0.1) is 6.04 Å². The highest BCUT2D eigenvalue weighted by molar-refractivity contribution is 8.10. The molecule has 0 radical (unpaired) electrons. The number of carbonyl (C=O) groups is 2. The van der Waals surface area contributed by atoms with Crippen molar-refractivity contribution in [3.05, 3.63) is 29.8 Å². The SMILES string of the molecule is CCCCCCCCc1ccccc1OSC(=O)C(N)C1(C)CC(NC(=O)S)CC(C)(C)C1. The molecule has 1 saturated carbocycles. The Morgan fingerprint density at radius 3 is 2.52 bits per heavy atom. The van der Waals surface area contributed by atoms with Crippen molar-refractivity contribution >= 4 is 35.0 Å². The number of nitrogens with two attached hydrogens (primary N) is 1. The lowest BCUT2D eigenvalue weighted by Gasteiger charge is -2.48. The summed E-state index contributed by atoms with van der Waals surface area (Å²) < 4.78 is 5.90. The average Bonchev–Trinajstić information content (AvgIpc) is 2.72. The zero-order chi connectivity index (χ0) is 24.5. The van der Waals surface area contributed by atoms with Crippen molar-refractivity contribution in [2.45, 2.75) is 104 Å². The maximum Gasteiger partial charge on any atom is 0.276 e. The highest BCUT2D eigenvalue weighted by atomic mass is 32.2.